The van der Waals surface area contributed by atoms with Gasteiger partial charge in [0, 0.05) is 6.54 Å². The Labute approximate surface area is 98.7 Å². The number of hydrogen-bond acceptors (Lipinski definition) is 1. The van der Waals surface area contributed by atoms with Gasteiger partial charge in [0.2, 0.25) is 0 Å². The van der Waals surface area contributed by atoms with Gasteiger partial charge in [-0.2, -0.15) is 0 Å². The molecule has 0 aliphatic heterocycles. The first-order chi connectivity index (χ1) is 7.63. The molecule has 0 radical (unpaired) electrons. The molecule has 0 aromatic rings. The number of rotatable bonds is 4. The molecule has 1 rings (SSSR count). The molecule has 16 heavy (non-hydrogen) atoms. The maximum atomic E-state index is 5.62. The van der Waals surface area contributed by atoms with Gasteiger partial charge in [-0.05, 0) is 56.4 Å². The van der Waals surface area contributed by atoms with Gasteiger partial charge in [-0.15, -0.1) is 12.3 Å². The Hall–Kier alpha value is -1.30. The van der Waals surface area contributed by atoms with Crippen LogP contribution in [0.15, 0.2) is 52.8 Å². The predicted octanol–water partition coefficient (Wildman–Crippen LogP) is 3.66. The fraction of sp³-hybridized carbons (Fsp3) is 0.400. The fourth-order valence-corrected chi connectivity index (χ4v) is 1.62. The van der Waals surface area contributed by atoms with E-state index >= 15 is 0 Å². The Morgan fingerprint density at radius 2 is 2.25 bits per heavy atom. The lowest BCUT2D eigenvalue weighted by Crippen LogP contribution is -2.01. The van der Waals surface area contributed by atoms with Crippen LogP contribution in [0.2, 0.25) is 0 Å². The highest BCUT2D eigenvalue weighted by atomic mass is 14.5. The summed E-state index contributed by atoms with van der Waals surface area (Å²) >= 11 is 0. The lowest BCUT2D eigenvalue weighted by molar-refractivity contribution is 0.924. The Kier molecular flexibility index (Phi) is 5.04. The molecule has 0 saturated heterocycles. The van der Waals surface area contributed by atoms with Crippen LogP contribution in [0.4, 0.5) is 0 Å². The minimum atomic E-state index is 0.592. The highest BCUT2D eigenvalue weighted by Crippen LogP contribution is 2.20. The second-order valence-electron chi connectivity index (χ2n) is 4.41. The van der Waals surface area contributed by atoms with Gasteiger partial charge < -0.3 is 5.73 Å². The average Bonchev–Trinajstić information content (AvgIpc) is 2.23. The van der Waals surface area contributed by atoms with Crippen molar-refractivity contribution in [3.8, 4) is 0 Å². The standard InChI is InChI=1S/C15H21N/c1-12(2)7-10-15-6-4-5-14(11-16)9-8-13(15)3/h5-6,9H,1,7-8,10-11,16H2,2-3H3/b14-9+,15-13+. The zero-order valence-corrected chi connectivity index (χ0v) is 10.3. The van der Waals surface area contributed by atoms with Crippen LogP contribution in [0, 0.1) is 0 Å². The molecule has 0 heterocycles. The Morgan fingerprint density at radius 1 is 1.50 bits per heavy atom. The van der Waals surface area contributed by atoms with E-state index in [0.717, 1.165) is 24.8 Å². The van der Waals surface area contributed by atoms with Crippen molar-refractivity contribution in [3.05, 3.63) is 52.8 Å². The lowest BCUT2D eigenvalue weighted by Gasteiger charge is -2.09. The van der Waals surface area contributed by atoms with Crippen molar-refractivity contribution in [2.45, 2.75) is 33.1 Å². The molecular formula is C15H21N. The van der Waals surface area contributed by atoms with Crippen LogP contribution in [-0.4, -0.2) is 6.54 Å². The summed E-state index contributed by atoms with van der Waals surface area (Å²) in [6, 6.07) is 0. The van der Waals surface area contributed by atoms with Crippen LogP contribution < -0.4 is 5.73 Å². The molecule has 1 aliphatic rings. The first kappa shape index (κ1) is 12.8. The van der Waals surface area contributed by atoms with Crippen molar-refractivity contribution >= 4 is 0 Å². The van der Waals surface area contributed by atoms with Gasteiger partial charge in [0.15, 0.2) is 0 Å². The second-order valence-corrected chi connectivity index (χ2v) is 4.41. The van der Waals surface area contributed by atoms with E-state index in [1.165, 1.54) is 16.7 Å². The zero-order chi connectivity index (χ0) is 12.0. The summed E-state index contributed by atoms with van der Waals surface area (Å²) in [7, 11) is 0. The topological polar surface area (TPSA) is 26.0 Å². The van der Waals surface area contributed by atoms with Gasteiger partial charge in [0.1, 0.15) is 0 Å². The van der Waals surface area contributed by atoms with E-state index in [1.807, 2.05) is 6.08 Å². The minimum Gasteiger partial charge on any atom is -0.326 e. The second kappa shape index (κ2) is 6.32. The summed E-state index contributed by atoms with van der Waals surface area (Å²) in [6.45, 7) is 8.79. The van der Waals surface area contributed by atoms with Crippen LogP contribution in [0.25, 0.3) is 0 Å². The fourth-order valence-electron chi connectivity index (χ4n) is 1.62. The van der Waals surface area contributed by atoms with Crippen LogP contribution >= 0.6 is 0 Å². The monoisotopic (exact) mass is 215 g/mol. The molecular weight excluding hydrogens is 194 g/mol. The summed E-state index contributed by atoms with van der Waals surface area (Å²) in [5.74, 6) is 0. The maximum absolute atomic E-state index is 5.62. The molecule has 1 heteroatoms. The summed E-state index contributed by atoms with van der Waals surface area (Å²) < 4.78 is 0. The van der Waals surface area contributed by atoms with E-state index in [1.54, 1.807) is 0 Å². The van der Waals surface area contributed by atoms with E-state index in [-0.39, 0.29) is 0 Å². The molecule has 0 spiro atoms. The highest BCUT2D eigenvalue weighted by Gasteiger charge is 2.01. The quantitative estimate of drug-likeness (QED) is 0.562. The SMILES string of the molecule is C=C(C)CC/C1=C(\C)C/C=C(/CN)C=C=C1. The molecule has 86 valence electrons. The summed E-state index contributed by atoms with van der Waals surface area (Å²) in [5, 5.41) is 0. The Balaban J connectivity index is 2.79. The van der Waals surface area contributed by atoms with Crippen molar-refractivity contribution in [2.24, 2.45) is 5.73 Å². The molecule has 0 aromatic carbocycles. The van der Waals surface area contributed by atoms with Gasteiger partial charge in [-0.25, -0.2) is 0 Å². The summed E-state index contributed by atoms with van der Waals surface area (Å²) in [6.07, 6.45) is 9.36. The first-order valence-corrected chi connectivity index (χ1v) is 5.78. The third-order valence-electron chi connectivity index (χ3n) is 2.80. The number of allylic oxidation sites excluding steroid dienone is 4. The molecule has 0 atom stereocenters. The molecule has 1 aliphatic carbocycles. The van der Waals surface area contributed by atoms with E-state index in [2.05, 4.69) is 38.3 Å². The molecule has 0 unspecified atom stereocenters. The molecule has 0 fully saturated rings. The molecule has 2 N–H and O–H groups in total. The van der Waals surface area contributed by atoms with Crippen molar-refractivity contribution in [1.82, 2.24) is 0 Å². The largest absolute Gasteiger partial charge is 0.326 e. The molecule has 1 nitrogen and oxygen atoms in total. The van der Waals surface area contributed by atoms with E-state index in [0.29, 0.717) is 6.54 Å². The third-order valence-corrected chi connectivity index (χ3v) is 2.80. The number of hydrogen-bond donors (Lipinski definition) is 1. The molecule has 0 saturated carbocycles. The smallest absolute Gasteiger partial charge is 0.0181 e. The number of nitrogens with two attached hydrogens (primary N) is 1. The summed E-state index contributed by atoms with van der Waals surface area (Å²) in [5.41, 5.74) is 14.0. The van der Waals surface area contributed by atoms with Crippen LogP contribution in [0.1, 0.15) is 33.1 Å². The van der Waals surface area contributed by atoms with Gasteiger partial charge in [-0.1, -0.05) is 17.2 Å². The lowest BCUT2D eigenvalue weighted by atomic mass is 9.97. The average molecular weight is 215 g/mol. The molecule has 0 amide bonds. The van der Waals surface area contributed by atoms with Crippen molar-refractivity contribution in [3.63, 3.8) is 0 Å². The third kappa shape index (κ3) is 4.06. The van der Waals surface area contributed by atoms with Crippen molar-refractivity contribution < 1.29 is 0 Å². The van der Waals surface area contributed by atoms with Gasteiger partial charge >= 0.3 is 0 Å². The van der Waals surface area contributed by atoms with E-state index in [4.69, 9.17) is 5.73 Å². The Bertz CT molecular complexity index is 388. The van der Waals surface area contributed by atoms with Gasteiger partial charge in [0.05, 0.1) is 0 Å². The Morgan fingerprint density at radius 3 is 2.88 bits per heavy atom. The maximum Gasteiger partial charge on any atom is 0.0181 e. The van der Waals surface area contributed by atoms with Crippen molar-refractivity contribution in [1.29, 1.82) is 0 Å². The van der Waals surface area contributed by atoms with Crippen molar-refractivity contribution in [2.75, 3.05) is 6.54 Å². The minimum absolute atomic E-state index is 0.592. The summed E-state index contributed by atoms with van der Waals surface area (Å²) in [4.78, 5) is 0. The normalized spacial score (nSPS) is 23.6. The van der Waals surface area contributed by atoms with Crippen LogP contribution in [0.3, 0.4) is 0 Å². The van der Waals surface area contributed by atoms with E-state index < -0.39 is 0 Å². The molecule has 0 bridgehead atoms. The van der Waals surface area contributed by atoms with Gasteiger partial charge in [-0.3, -0.25) is 0 Å². The predicted molar refractivity (Wildman–Crippen MR) is 71.2 cm³/mol. The van der Waals surface area contributed by atoms with Crippen LogP contribution in [-0.2, 0) is 0 Å². The van der Waals surface area contributed by atoms with E-state index in [9.17, 15) is 0 Å². The first-order valence-electron chi connectivity index (χ1n) is 5.78. The molecule has 0 aromatic heterocycles. The van der Waals surface area contributed by atoms with Crippen LogP contribution in [0.5, 0.6) is 0 Å². The highest BCUT2D eigenvalue weighted by molar-refractivity contribution is 5.33. The zero-order valence-electron chi connectivity index (χ0n) is 10.3. The van der Waals surface area contributed by atoms with Gasteiger partial charge in [0.25, 0.3) is 0 Å².